The Morgan fingerprint density at radius 2 is 1.82 bits per heavy atom. The first kappa shape index (κ1) is 13.3. The number of amides is 1. The number of hydrogen-bond donors (Lipinski definition) is 0. The number of anilines is 1. The van der Waals surface area contributed by atoms with E-state index in [0.29, 0.717) is 6.42 Å². The number of carbonyl (C=O) groups is 1. The van der Waals surface area contributed by atoms with Crippen molar-refractivity contribution in [2.45, 2.75) is 20.3 Å². The predicted octanol–water partition coefficient (Wildman–Crippen LogP) is 3.01. The number of rotatable bonds is 2. The van der Waals surface area contributed by atoms with Crippen LogP contribution >= 0.6 is 0 Å². The molecule has 0 bridgehead atoms. The van der Waals surface area contributed by atoms with Gasteiger partial charge in [0.2, 0.25) is 5.91 Å². The second kappa shape index (κ2) is 6.09. The van der Waals surface area contributed by atoms with Crippen LogP contribution in [0.4, 0.5) is 5.69 Å². The number of carbonyl (C=O) groups excluding carboxylic acids is 1. The van der Waals surface area contributed by atoms with Crippen LogP contribution in [0.25, 0.3) is 0 Å². The number of nitrogens with zero attached hydrogens (tertiary/aromatic N) is 1. The first-order valence-corrected chi connectivity index (χ1v) is 5.61. The van der Waals surface area contributed by atoms with E-state index in [1.54, 1.807) is 12.0 Å². The van der Waals surface area contributed by atoms with Gasteiger partial charge in [0.05, 0.1) is 7.11 Å². The summed E-state index contributed by atoms with van der Waals surface area (Å²) in [6.45, 7) is 8.34. The maximum Gasteiger partial charge on any atom is 0.228 e. The van der Waals surface area contributed by atoms with Crippen molar-refractivity contribution in [2.75, 3.05) is 18.6 Å². The number of methoxy groups -OCH3 is 1. The Balaban J connectivity index is 0.000000317. The zero-order valence-corrected chi connectivity index (χ0v) is 10.7. The topological polar surface area (TPSA) is 29.5 Å². The van der Waals surface area contributed by atoms with Gasteiger partial charge in [-0.1, -0.05) is 5.57 Å². The molecule has 0 aromatic heterocycles. The van der Waals surface area contributed by atoms with E-state index in [-0.39, 0.29) is 5.91 Å². The van der Waals surface area contributed by atoms with Gasteiger partial charge in [-0.05, 0) is 38.1 Å². The summed E-state index contributed by atoms with van der Waals surface area (Å²) in [5.41, 5.74) is 2.12. The van der Waals surface area contributed by atoms with Gasteiger partial charge in [-0.2, -0.15) is 0 Å². The monoisotopic (exact) mass is 233 g/mol. The summed E-state index contributed by atoms with van der Waals surface area (Å²) in [5.74, 6) is 1.02. The quantitative estimate of drug-likeness (QED) is 0.580. The van der Waals surface area contributed by atoms with Gasteiger partial charge < -0.3 is 9.64 Å². The van der Waals surface area contributed by atoms with Crippen LogP contribution < -0.4 is 9.64 Å². The molecular weight excluding hydrogens is 214 g/mol. The summed E-state index contributed by atoms with van der Waals surface area (Å²) < 4.78 is 5.02. The smallest absolute Gasteiger partial charge is 0.228 e. The molecule has 0 spiro atoms. The molecule has 1 aromatic rings. The van der Waals surface area contributed by atoms with E-state index in [4.69, 9.17) is 4.74 Å². The summed E-state index contributed by atoms with van der Waals surface area (Å²) in [7, 11) is 1.63. The average molecular weight is 233 g/mol. The lowest BCUT2D eigenvalue weighted by atomic mass is 10.1. The van der Waals surface area contributed by atoms with Crippen LogP contribution in [0, 0.1) is 0 Å². The lowest BCUT2D eigenvalue weighted by molar-refractivity contribution is -0.122. The number of β-lactam (4-membered cyclic amide) rings is 1. The molecule has 3 nitrogen and oxygen atoms in total. The molecule has 1 aromatic carbocycles. The molecule has 2 rings (SSSR count). The van der Waals surface area contributed by atoms with Crippen LogP contribution in [0.1, 0.15) is 20.3 Å². The second-order valence-corrected chi connectivity index (χ2v) is 4.20. The molecule has 0 atom stereocenters. The Bertz CT molecular complexity index is 391. The summed E-state index contributed by atoms with van der Waals surface area (Å²) >= 11 is 0. The molecule has 0 aliphatic carbocycles. The lowest BCUT2D eigenvalue weighted by Crippen LogP contribution is -2.43. The molecule has 1 amide bonds. The van der Waals surface area contributed by atoms with Crippen molar-refractivity contribution in [1.82, 2.24) is 0 Å². The summed E-state index contributed by atoms with van der Waals surface area (Å²) in [6, 6.07) is 7.52. The maximum atomic E-state index is 11.1. The number of hydrogen-bond acceptors (Lipinski definition) is 2. The predicted molar refractivity (Wildman–Crippen MR) is 70.5 cm³/mol. The van der Waals surface area contributed by atoms with Crippen molar-refractivity contribution >= 4 is 11.6 Å². The molecule has 1 aliphatic rings. The minimum Gasteiger partial charge on any atom is -0.497 e. The molecule has 0 N–H and O–H groups in total. The van der Waals surface area contributed by atoms with Crippen LogP contribution in [0.5, 0.6) is 5.75 Å². The van der Waals surface area contributed by atoms with E-state index in [9.17, 15) is 4.79 Å². The lowest BCUT2D eigenvalue weighted by Gasteiger charge is -2.30. The zero-order chi connectivity index (χ0) is 12.8. The Kier molecular flexibility index (Phi) is 4.76. The first-order chi connectivity index (χ1) is 8.04. The van der Waals surface area contributed by atoms with Gasteiger partial charge >= 0.3 is 0 Å². The molecule has 0 unspecified atom stereocenters. The molecule has 1 aliphatic heterocycles. The Labute approximate surface area is 103 Å². The van der Waals surface area contributed by atoms with Crippen molar-refractivity contribution in [3.05, 3.63) is 36.4 Å². The summed E-state index contributed by atoms with van der Waals surface area (Å²) in [4.78, 5) is 12.8. The summed E-state index contributed by atoms with van der Waals surface area (Å²) in [5, 5.41) is 0. The highest BCUT2D eigenvalue weighted by Crippen LogP contribution is 2.23. The number of allylic oxidation sites excluding steroid dienone is 1. The van der Waals surface area contributed by atoms with E-state index < -0.39 is 0 Å². The van der Waals surface area contributed by atoms with Crippen molar-refractivity contribution in [3.63, 3.8) is 0 Å². The highest BCUT2D eigenvalue weighted by molar-refractivity contribution is 5.99. The van der Waals surface area contributed by atoms with Crippen molar-refractivity contribution in [1.29, 1.82) is 0 Å². The average Bonchev–Trinajstić information content (AvgIpc) is 2.27. The molecular formula is C14H19NO2. The van der Waals surface area contributed by atoms with Gasteiger partial charge in [0.15, 0.2) is 0 Å². The van der Waals surface area contributed by atoms with Crippen LogP contribution in [0.15, 0.2) is 36.4 Å². The number of ether oxygens (including phenoxy) is 1. The molecule has 92 valence electrons. The standard InChI is InChI=1S/C10H11NO2.C4H8/c1-13-9-4-2-8(3-5-9)11-7-6-10(11)12;1-4(2)3/h2-5H,6-7H2,1H3;1H2,2-3H3. The second-order valence-electron chi connectivity index (χ2n) is 4.20. The third-order valence-electron chi connectivity index (χ3n) is 2.23. The van der Waals surface area contributed by atoms with Gasteiger partial charge in [-0.3, -0.25) is 4.79 Å². The zero-order valence-electron chi connectivity index (χ0n) is 10.7. The molecule has 0 saturated carbocycles. The number of benzene rings is 1. The fourth-order valence-electron chi connectivity index (χ4n) is 1.35. The Morgan fingerprint density at radius 3 is 2.12 bits per heavy atom. The fraction of sp³-hybridized carbons (Fsp3) is 0.357. The highest BCUT2D eigenvalue weighted by atomic mass is 16.5. The molecule has 1 heterocycles. The molecule has 0 radical (unpaired) electrons. The largest absolute Gasteiger partial charge is 0.497 e. The normalized spacial score (nSPS) is 13.4. The maximum absolute atomic E-state index is 11.1. The van der Waals surface area contributed by atoms with Gasteiger partial charge in [0.1, 0.15) is 5.75 Å². The van der Waals surface area contributed by atoms with Crippen molar-refractivity contribution in [3.8, 4) is 5.75 Å². The van der Waals surface area contributed by atoms with E-state index >= 15 is 0 Å². The Hall–Kier alpha value is -1.77. The van der Waals surface area contributed by atoms with Gasteiger partial charge in [-0.25, -0.2) is 0 Å². The Morgan fingerprint density at radius 1 is 1.29 bits per heavy atom. The molecule has 1 fully saturated rings. The van der Waals surface area contributed by atoms with Crippen LogP contribution in [0.2, 0.25) is 0 Å². The van der Waals surface area contributed by atoms with Crippen molar-refractivity contribution in [2.24, 2.45) is 0 Å². The highest BCUT2D eigenvalue weighted by Gasteiger charge is 2.24. The van der Waals surface area contributed by atoms with E-state index in [1.807, 2.05) is 38.1 Å². The molecule has 1 saturated heterocycles. The molecule has 3 heteroatoms. The summed E-state index contributed by atoms with van der Waals surface area (Å²) in [6.07, 6.45) is 0.673. The molecule has 17 heavy (non-hydrogen) atoms. The minimum atomic E-state index is 0.199. The van der Waals surface area contributed by atoms with E-state index in [0.717, 1.165) is 18.0 Å². The van der Waals surface area contributed by atoms with E-state index in [1.165, 1.54) is 5.57 Å². The van der Waals surface area contributed by atoms with Crippen LogP contribution in [0.3, 0.4) is 0 Å². The van der Waals surface area contributed by atoms with Crippen molar-refractivity contribution < 1.29 is 9.53 Å². The van der Waals surface area contributed by atoms with Gasteiger partial charge in [0.25, 0.3) is 0 Å². The van der Waals surface area contributed by atoms with E-state index in [2.05, 4.69) is 6.58 Å². The first-order valence-electron chi connectivity index (χ1n) is 5.61. The third kappa shape index (κ3) is 3.94. The fourth-order valence-corrected chi connectivity index (χ4v) is 1.35. The van der Waals surface area contributed by atoms with Gasteiger partial charge in [0, 0.05) is 18.7 Å². The SMILES string of the molecule is C=C(C)C.COc1ccc(N2CCC2=O)cc1. The van der Waals surface area contributed by atoms with Crippen LogP contribution in [-0.2, 0) is 4.79 Å². The minimum absolute atomic E-state index is 0.199. The third-order valence-corrected chi connectivity index (χ3v) is 2.23. The van der Waals surface area contributed by atoms with Gasteiger partial charge in [-0.15, -0.1) is 6.58 Å². The van der Waals surface area contributed by atoms with Crippen LogP contribution in [-0.4, -0.2) is 19.6 Å².